The molecule has 0 unspecified atom stereocenters. The van der Waals surface area contributed by atoms with Crippen molar-refractivity contribution in [1.29, 1.82) is 0 Å². The number of carbonyl (C=O) groups is 2. The molecular formula is C18H29N5O2. The van der Waals surface area contributed by atoms with Crippen molar-refractivity contribution in [3.05, 3.63) is 11.8 Å². The maximum absolute atomic E-state index is 12.4. The van der Waals surface area contributed by atoms with E-state index in [2.05, 4.69) is 27.7 Å². The van der Waals surface area contributed by atoms with Crippen LogP contribution in [0, 0.1) is 5.92 Å². The first kappa shape index (κ1) is 17.9. The van der Waals surface area contributed by atoms with Crippen molar-refractivity contribution < 1.29 is 9.59 Å². The van der Waals surface area contributed by atoms with Crippen molar-refractivity contribution in [3.63, 3.8) is 0 Å². The first-order chi connectivity index (χ1) is 12.0. The van der Waals surface area contributed by atoms with Crippen LogP contribution in [0.1, 0.15) is 55.4 Å². The van der Waals surface area contributed by atoms with Crippen molar-refractivity contribution in [2.24, 2.45) is 13.0 Å². The lowest BCUT2D eigenvalue weighted by Crippen LogP contribution is -2.43. The molecule has 1 aromatic rings. The van der Waals surface area contributed by atoms with Crippen LogP contribution in [0.2, 0.25) is 0 Å². The van der Waals surface area contributed by atoms with Crippen LogP contribution in [0.5, 0.6) is 0 Å². The van der Waals surface area contributed by atoms with Gasteiger partial charge in [0, 0.05) is 25.1 Å². The zero-order valence-electron chi connectivity index (χ0n) is 15.3. The van der Waals surface area contributed by atoms with Crippen LogP contribution in [0.25, 0.3) is 0 Å². The first-order valence-corrected chi connectivity index (χ1v) is 9.37. The van der Waals surface area contributed by atoms with Crippen molar-refractivity contribution in [2.75, 3.05) is 25.5 Å². The molecule has 0 spiro atoms. The molecule has 3 rings (SSSR count). The van der Waals surface area contributed by atoms with Crippen LogP contribution >= 0.6 is 0 Å². The number of hydrogen-bond donors (Lipinski definition) is 2. The monoisotopic (exact) mass is 347 g/mol. The van der Waals surface area contributed by atoms with Crippen molar-refractivity contribution in [1.82, 2.24) is 20.0 Å². The van der Waals surface area contributed by atoms with E-state index in [0.29, 0.717) is 11.5 Å². The van der Waals surface area contributed by atoms with Crippen LogP contribution in [-0.4, -0.2) is 52.7 Å². The summed E-state index contributed by atoms with van der Waals surface area (Å²) in [6.07, 6.45) is 7.28. The number of amides is 2. The van der Waals surface area contributed by atoms with Gasteiger partial charge in [0.15, 0.2) is 5.69 Å². The van der Waals surface area contributed by atoms with Gasteiger partial charge < -0.3 is 15.5 Å². The minimum atomic E-state index is -0.164. The van der Waals surface area contributed by atoms with E-state index < -0.39 is 0 Å². The first-order valence-electron chi connectivity index (χ1n) is 9.37. The molecule has 1 saturated heterocycles. The molecular weight excluding hydrogens is 318 g/mol. The van der Waals surface area contributed by atoms with Gasteiger partial charge in [-0.1, -0.05) is 19.3 Å². The molecule has 1 aromatic heterocycles. The van der Waals surface area contributed by atoms with Gasteiger partial charge in [-0.3, -0.25) is 14.3 Å². The van der Waals surface area contributed by atoms with Crippen LogP contribution in [-0.2, 0) is 11.8 Å². The number of carbonyl (C=O) groups excluding carboxylic acids is 2. The second-order valence-electron chi connectivity index (χ2n) is 7.41. The van der Waals surface area contributed by atoms with E-state index in [1.165, 1.54) is 6.42 Å². The molecule has 0 aromatic carbocycles. The van der Waals surface area contributed by atoms with Crippen LogP contribution in [0.3, 0.4) is 0 Å². The molecule has 2 heterocycles. The van der Waals surface area contributed by atoms with Gasteiger partial charge in [-0.25, -0.2) is 0 Å². The number of rotatable bonds is 4. The summed E-state index contributed by atoms with van der Waals surface area (Å²) < 4.78 is 1.57. The Morgan fingerprint density at radius 3 is 2.44 bits per heavy atom. The molecule has 2 N–H and O–H groups in total. The van der Waals surface area contributed by atoms with Crippen LogP contribution in [0.15, 0.2) is 6.07 Å². The summed E-state index contributed by atoms with van der Waals surface area (Å²) in [5.74, 6) is 0.553. The third kappa shape index (κ3) is 4.60. The highest BCUT2D eigenvalue weighted by molar-refractivity contribution is 5.96. The van der Waals surface area contributed by atoms with E-state index in [1.807, 2.05) is 0 Å². The lowest BCUT2D eigenvalue weighted by Gasteiger charge is -2.29. The smallest absolute Gasteiger partial charge is 0.272 e. The Kier molecular flexibility index (Phi) is 5.73. The number of aromatic nitrogens is 2. The van der Waals surface area contributed by atoms with Gasteiger partial charge in [-0.05, 0) is 45.8 Å². The summed E-state index contributed by atoms with van der Waals surface area (Å²) >= 11 is 0. The fourth-order valence-electron chi connectivity index (χ4n) is 3.70. The fourth-order valence-corrected chi connectivity index (χ4v) is 3.70. The highest BCUT2D eigenvalue weighted by Crippen LogP contribution is 2.25. The maximum Gasteiger partial charge on any atom is 0.272 e. The third-order valence-corrected chi connectivity index (χ3v) is 5.39. The largest absolute Gasteiger partial charge is 0.348 e. The van der Waals surface area contributed by atoms with E-state index in [9.17, 15) is 9.59 Å². The number of piperidine rings is 1. The molecule has 25 heavy (non-hydrogen) atoms. The summed E-state index contributed by atoms with van der Waals surface area (Å²) in [5.41, 5.74) is 0.361. The summed E-state index contributed by atoms with van der Waals surface area (Å²) in [6, 6.07) is 1.87. The normalized spacial score (nSPS) is 20.4. The summed E-state index contributed by atoms with van der Waals surface area (Å²) in [5, 5.41) is 10.3. The Balaban J connectivity index is 1.57. The predicted octanol–water partition coefficient (Wildman–Crippen LogP) is 1.76. The molecule has 2 fully saturated rings. The van der Waals surface area contributed by atoms with Gasteiger partial charge in [0.25, 0.3) is 5.91 Å². The second-order valence-corrected chi connectivity index (χ2v) is 7.41. The highest BCUT2D eigenvalue weighted by atomic mass is 16.2. The minimum absolute atomic E-state index is 0.0463. The number of aryl methyl sites for hydroxylation is 1. The minimum Gasteiger partial charge on any atom is -0.348 e. The van der Waals surface area contributed by atoms with E-state index in [1.54, 1.807) is 17.8 Å². The Bertz CT molecular complexity index is 613. The molecule has 138 valence electrons. The average Bonchev–Trinajstić information content (AvgIpc) is 2.98. The highest BCUT2D eigenvalue weighted by Gasteiger charge is 2.24. The molecule has 1 aliphatic carbocycles. The Morgan fingerprint density at radius 2 is 1.76 bits per heavy atom. The van der Waals surface area contributed by atoms with Gasteiger partial charge in [0.1, 0.15) is 5.82 Å². The SMILES string of the molecule is CN1CCC(NC(=O)c2cc(NC(=O)C3CCCCC3)n(C)n2)CC1. The molecule has 1 aliphatic heterocycles. The summed E-state index contributed by atoms with van der Waals surface area (Å²) in [7, 11) is 3.85. The molecule has 0 bridgehead atoms. The number of likely N-dealkylation sites (tertiary alicyclic amines) is 1. The van der Waals surface area contributed by atoms with Crippen LogP contribution in [0.4, 0.5) is 5.82 Å². The average molecular weight is 347 g/mol. The topological polar surface area (TPSA) is 79.3 Å². The number of nitrogens with zero attached hydrogens (tertiary/aromatic N) is 3. The number of hydrogen-bond acceptors (Lipinski definition) is 4. The van der Waals surface area contributed by atoms with Gasteiger partial charge in [0.05, 0.1) is 0 Å². The molecule has 2 aliphatic rings. The van der Waals surface area contributed by atoms with Gasteiger partial charge in [-0.15, -0.1) is 0 Å². The fraction of sp³-hybridized carbons (Fsp3) is 0.722. The van der Waals surface area contributed by atoms with E-state index >= 15 is 0 Å². The van der Waals surface area contributed by atoms with Crippen molar-refractivity contribution in [2.45, 2.75) is 51.0 Å². The predicted molar refractivity (Wildman–Crippen MR) is 96.4 cm³/mol. The lowest BCUT2D eigenvalue weighted by molar-refractivity contribution is -0.120. The third-order valence-electron chi connectivity index (χ3n) is 5.39. The molecule has 7 nitrogen and oxygen atoms in total. The zero-order chi connectivity index (χ0) is 17.8. The van der Waals surface area contributed by atoms with E-state index in [4.69, 9.17) is 0 Å². The maximum atomic E-state index is 12.4. The van der Waals surface area contributed by atoms with Gasteiger partial charge >= 0.3 is 0 Å². The molecule has 2 amide bonds. The van der Waals surface area contributed by atoms with Crippen molar-refractivity contribution >= 4 is 17.6 Å². The van der Waals surface area contributed by atoms with Crippen molar-refractivity contribution in [3.8, 4) is 0 Å². The summed E-state index contributed by atoms with van der Waals surface area (Å²) in [6.45, 7) is 1.99. The molecule has 7 heteroatoms. The Morgan fingerprint density at radius 1 is 1.08 bits per heavy atom. The summed E-state index contributed by atoms with van der Waals surface area (Å²) in [4.78, 5) is 27.1. The molecule has 0 radical (unpaired) electrons. The van der Waals surface area contributed by atoms with E-state index in [0.717, 1.165) is 51.6 Å². The Labute approximate surface area is 149 Å². The quantitative estimate of drug-likeness (QED) is 0.870. The van der Waals surface area contributed by atoms with Gasteiger partial charge in [0.2, 0.25) is 5.91 Å². The number of nitrogens with one attached hydrogen (secondary N) is 2. The standard InChI is InChI=1S/C18H29N5O2/c1-22-10-8-14(9-11-22)19-18(25)15-12-16(23(2)21-15)20-17(24)13-6-4-3-5-7-13/h12-14H,3-11H2,1-2H3,(H,19,25)(H,20,24). The molecule has 1 saturated carbocycles. The van der Waals surface area contributed by atoms with E-state index in [-0.39, 0.29) is 23.8 Å². The second kappa shape index (κ2) is 7.99. The Hall–Kier alpha value is -1.89. The molecule has 0 atom stereocenters. The number of anilines is 1. The van der Waals surface area contributed by atoms with Gasteiger partial charge in [-0.2, -0.15) is 5.10 Å². The lowest BCUT2D eigenvalue weighted by atomic mass is 9.89. The zero-order valence-corrected chi connectivity index (χ0v) is 15.3. The van der Waals surface area contributed by atoms with Crippen LogP contribution < -0.4 is 10.6 Å².